The van der Waals surface area contributed by atoms with Crippen LogP contribution in [-0.4, -0.2) is 5.78 Å². The first-order valence-corrected chi connectivity index (χ1v) is 7.88. The molecular weight excluding hydrogens is 390 g/mol. The third-order valence-corrected chi connectivity index (χ3v) is 5.03. The van der Waals surface area contributed by atoms with E-state index in [1.54, 1.807) is 6.07 Å². The summed E-state index contributed by atoms with van der Waals surface area (Å²) in [6.07, 6.45) is 0. The minimum absolute atomic E-state index is 0.179. The van der Waals surface area contributed by atoms with Crippen molar-refractivity contribution in [1.29, 1.82) is 5.26 Å². The number of nitrogens with zero attached hydrogens (tertiary/aromatic N) is 1. The Morgan fingerprint density at radius 1 is 1.37 bits per heavy atom. The van der Waals surface area contributed by atoms with Crippen LogP contribution in [0.3, 0.4) is 0 Å². The molecule has 0 amide bonds. The molecule has 2 nitrogen and oxygen atoms in total. The van der Waals surface area contributed by atoms with Gasteiger partial charge in [-0.05, 0) is 50.4 Å². The third kappa shape index (κ3) is 3.14. The van der Waals surface area contributed by atoms with Gasteiger partial charge in [-0.2, -0.15) is 5.26 Å². The first-order chi connectivity index (χ1) is 9.02. The van der Waals surface area contributed by atoms with Gasteiger partial charge < -0.3 is 0 Å². The standard InChI is InChI=1S/C14H9Br2NOS/c1-8-3-2-4-9(5-8)11(7-17)13(18)10-6-12(15)19-14(10)16/h2-6,11H,1H3. The van der Waals surface area contributed by atoms with E-state index in [9.17, 15) is 10.1 Å². The number of nitriles is 1. The van der Waals surface area contributed by atoms with Gasteiger partial charge in [0.05, 0.1) is 13.6 Å². The Bertz CT molecular complexity index is 672. The molecule has 0 aliphatic heterocycles. The largest absolute Gasteiger partial charge is 0.292 e. The molecule has 1 heterocycles. The summed E-state index contributed by atoms with van der Waals surface area (Å²) >= 11 is 8.13. The minimum Gasteiger partial charge on any atom is -0.292 e. The fraction of sp³-hybridized carbons (Fsp3) is 0.143. The maximum absolute atomic E-state index is 12.5. The highest BCUT2D eigenvalue weighted by Crippen LogP contribution is 2.34. The summed E-state index contributed by atoms with van der Waals surface area (Å²) in [5.41, 5.74) is 2.32. The molecule has 96 valence electrons. The van der Waals surface area contributed by atoms with Crippen LogP contribution in [0.25, 0.3) is 0 Å². The monoisotopic (exact) mass is 397 g/mol. The number of Topliss-reactive ketones (excluding diaryl/α,β-unsaturated/α-hetero) is 1. The normalized spacial score (nSPS) is 11.9. The lowest BCUT2D eigenvalue weighted by molar-refractivity contribution is 0.0978. The number of benzene rings is 1. The van der Waals surface area contributed by atoms with Crippen LogP contribution in [0.15, 0.2) is 37.9 Å². The second-order valence-electron chi connectivity index (χ2n) is 4.08. The molecular formula is C14H9Br2NOS. The predicted octanol–water partition coefficient (Wildman–Crippen LogP) is 5.07. The number of carbonyl (C=O) groups excluding carboxylic acids is 1. The van der Waals surface area contributed by atoms with Gasteiger partial charge in [0.2, 0.25) is 0 Å². The van der Waals surface area contributed by atoms with E-state index in [0.29, 0.717) is 5.56 Å². The van der Waals surface area contributed by atoms with E-state index in [1.807, 2.05) is 31.2 Å². The fourth-order valence-corrected chi connectivity index (χ4v) is 4.61. The smallest absolute Gasteiger partial charge is 0.186 e. The van der Waals surface area contributed by atoms with Crippen molar-refractivity contribution in [3.05, 3.63) is 54.6 Å². The van der Waals surface area contributed by atoms with Gasteiger partial charge in [-0.3, -0.25) is 4.79 Å². The second-order valence-corrected chi connectivity index (χ2v) is 7.83. The van der Waals surface area contributed by atoms with Crippen molar-refractivity contribution in [2.24, 2.45) is 0 Å². The van der Waals surface area contributed by atoms with Gasteiger partial charge in [0.15, 0.2) is 5.78 Å². The molecule has 0 radical (unpaired) electrons. The molecule has 1 atom stereocenters. The van der Waals surface area contributed by atoms with Gasteiger partial charge in [0, 0.05) is 5.56 Å². The summed E-state index contributed by atoms with van der Waals surface area (Å²) in [6, 6.07) is 11.3. The van der Waals surface area contributed by atoms with Crippen LogP contribution in [0.5, 0.6) is 0 Å². The Balaban J connectivity index is 2.41. The van der Waals surface area contributed by atoms with E-state index in [4.69, 9.17) is 0 Å². The number of thiophene rings is 1. The first kappa shape index (κ1) is 14.4. The Hall–Kier alpha value is -0.960. The van der Waals surface area contributed by atoms with E-state index in [1.165, 1.54) is 11.3 Å². The molecule has 2 aromatic rings. The number of rotatable bonds is 3. The quantitative estimate of drug-likeness (QED) is 0.677. The first-order valence-electron chi connectivity index (χ1n) is 5.48. The highest BCUT2D eigenvalue weighted by Gasteiger charge is 2.25. The van der Waals surface area contributed by atoms with Crippen LogP contribution < -0.4 is 0 Å². The molecule has 0 spiro atoms. The Labute approximate surface area is 132 Å². The molecule has 0 saturated heterocycles. The molecule has 19 heavy (non-hydrogen) atoms. The third-order valence-electron chi connectivity index (χ3n) is 2.69. The Morgan fingerprint density at radius 3 is 2.63 bits per heavy atom. The molecule has 0 bridgehead atoms. The molecule has 0 saturated carbocycles. The summed E-state index contributed by atoms with van der Waals surface area (Å²) in [5, 5.41) is 9.31. The van der Waals surface area contributed by atoms with Crippen molar-refractivity contribution >= 4 is 49.0 Å². The maximum atomic E-state index is 12.5. The molecule has 2 rings (SSSR count). The lowest BCUT2D eigenvalue weighted by Crippen LogP contribution is -2.11. The average molecular weight is 399 g/mol. The number of hydrogen-bond acceptors (Lipinski definition) is 3. The van der Waals surface area contributed by atoms with Crippen LogP contribution in [0.2, 0.25) is 0 Å². The van der Waals surface area contributed by atoms with Crippen molar-refractivity contribution < 1.29 is 4.79 Å². The average Bonchev–Trinajstić information content (AvgIpc) is 2.69. The molecule has 0 N–H and O–H groups in total. The van der Waals surface area contributed by atoms with Crippen LogP contribution in [-0.2, 0) is 0 Å². The van der Waals surface area contributed by atoms with Gasteiger partial charge in [-0.25, -0.2) is 0 Å². The lowest BCUT2D eigenvalue weighted by atomic mass is 9.92. The zero-order valence-corrected chi connectivity index (χ0v) is 14.0. The van der Waals surface area contributed by atoms with Crippen LogP contribution in [0.1, 0.15) is 27.4 Å². The van der Waals surface area contributed by atoms with Gasteiger partial charge in [-0.15, -0.1) is 11.3 Å². The molecule has 5 heteroatoms. The number of ketones is 1. The van der Waals surface area contributed by atoms with Crippen molar-refractivity contribution in [3.63, 3.8) is 0 Å². The van der Waals surface area contributed by atoms with Gasteiger partial charge >= 0.3 is 0 Å². The number of halogens is 2. The van der Waals surface area contributed by atoms with E-state index in [0.717, 1.165) is 18.7 Å². The topological polar surface area (TPSA) is 40.9 Å². The maximum Gasteiger partial charge on any atom is 0.186 e. The Kier molecular flexibility index (Phi) is 4.56. The number of carbonyl (C=O) groups is 1. The molecule has 1 aromatic heterocycles. The van der Waals surface area contributed by atoms with Gasteiger partial charge in [0.1, 0.15) is 5.92 Å². The fourth-order valence-electron chi connectivity index (χ4n) is 1.80. The van der Waals surface area contributed by atoms with E-state index in [-0.39, 0.29) is 5.78 Å². The lowest BCUT2D eigenvalue weighted by Gasteiger charge is -2.08. The van der Waals surface area contributed by atoms with Crippen molar-refractivity contribution in [3.8, 4) is 6.07 Å². The summed E-state index contributed by atoms with van der Waals surface area (Å²) in [6.45, 7) is 1.94. The summed E-state index contributed by atoms with van der Waals surface area (Å²) in [5.74, 6) is -0.945. The molecule has 1 aromatic carbocycles. The van der Waals surface area contributed by atoms with Gasteiger partial charge in [0.25, 0.3) is 0 Å². The molecule has 0 aliphatic rings. The van der Waals surface area contributed by atoms with E-state index < -0.39 is 5.92 Å². The van der Waals surface area contributed by atoms with Crippen molar-refractivity contribution in [1.82, 2.24) is 0 Å². The molecule has 1 unspecified atom stereocenters. The van der Waals surface area contributed by atoms with Crippen molar-refractivity contribution in [2.75, 3.05) is 0 Å². The predicted molar refractivity (Wildman–Crippen MR) is 83.6 cm³/mol. The number of hydrogen-bond donors (Lipinski definition) is 0. The minimum atomic E-state index is -0.766. The van der Waals surface area contributed by atoms with Crippen LogP contribution in [0.4, 0.5) is 0 Å². The van der Waals surface area contributed by atoms with Crippen LogP contribution in [0, 0.1) is 18.3 Å². The molecule has 0 aliphatic carbocycles. The van der Waals surface area contributed by atoms with Crippen molar-refractivity contribution in [2.45, 2.75) is 12.8 Å². The SMILES string of the molecule is Cc1cccc(C(C#N)C(=O)c2cc(Br)sc2Br)c1. The van der Waals surface area contributed by atoms with Crippen LogP contribution >= 0.6 is 43.2 Å². The highest BCUT2D eigenvalue weighted by atomic mass is 79.9. The molecule has 0 fully saturated rings. The summed E-state index contributed by atoms with van der Waals surface area (Å²) in [4.78, 5) is 12.5. The van der Waals surface area contributed by atoms with Gasteiger partial charge in [-0.1, -0.05) is 29.8 Å². The Morgan fingerprint density at radius 2 is 2.11 bits per heavy atom. The second kappa shape index (κ2) is 6.00. The summed E-state index contributed by atoms with van der Waals surface area (Å²) < 4.78 is 1.61. The highest BCUT2D eigenvalue weighted by molar-refractivity contribution is 9.12. The summed E-state index contributed by atoms with van der Waals surface area (Å²) in [7, 11) is 0. The van der Waals surface area contributed by atoms with E-state index >= 15 is 0 Å². The number of aryl methyl sites for hydroxylation is 1. The zero-order valence-electron chi connectivity index (χ0n) is 9.98. The zero-order chi connectivity index (χ0) is 14.0. The van der Waals surface area contributed by atoms with E-state index in [2.05, 4.69) is 37.9 Å².